The third kappa shape index (κ3) is 6.02. The van der Waals surface area contributed by atoms with Gasteiger partial charge in [-0.25, -0.2) is 0 Å². The normalized spacial score (nSPS) is 11.8. The fourth-order valence-electron chi connectivity index (χ4n) is 5.23. The molecule has 0 fully saturated rings. The molecule has 0 N–H and O–H groups in total. The van der Waals surface area contributed by atoms with Crippen molar-refractivity contribution in [3.8, 4) is 11.5 Å². The second-order valence-electron chi connectivity index (χ2n) is 12.0. The molecular formula is C39H38O2. The predicted octanol–water partition coefficient (Wildman–Crippen LogP) is 9.98. The maximum atomic E-state index is 13.2. The van der Waals surface area contributed by atoms with Gasteiger partial charge >= 0.3 is 0 Å². The van der Waals surface area contributed by atoms with Crippen LogP contribution in [0.25, 0.3) is 0 Å². The minimum atomic E-state index is -0.150. The molecule has 5 rings (SSSR count). The van der Waals surface area contributed by atoms with E-state index in [0.29, 0.717) is 16.9 Å². The Hall–Kier alpha value is -4.43. The zero-order valence-corrected chi connectivity index (χ0v) is 24.9. The highest BCUT2D eigenvalue weighted by molar-refractivity contribution is 6.09. The minimum absolute atomic E-state index is 0.000989. The highest BCUT2D eigenvalue weighted by Crippen LogP contribution is 2.34. The van der Waals surface area contributed by atoms with Crippen molar-refractivity contribution in [3.63, 3.8) is 0 Å². The first-order chi connectivity index (χ1) is 19.5. The number of hydrogen-bond acceptors (Lipinski definition) is 2. The highest BCUT2D eigenvalue weighted by Gasteiger charge is 2.24. The number of rotatable bonds is 8. The average Bonchev–Trinajstić information content (AvgIpc) is 2.98. The van der Waals surface area contributed by atoms with Crippen molar-refractivity contribution < 1.29 is 9.53 Å². The minimum Gasteiger partial charge on any atom is -0.457 e. The maximum absolute atomic E-state index is 13.2. The van der Waals surface area contributed by atoms with Gasteiger partial charge in [0, 0.05) is 22.0 Å². The first kappa shape index (κ1) is 28.1. The zero-order valence-electron chi connectivity index (χ0n) is 24.9. The molecule has 0 saturated carbocycles. The monoisotopic (exact) mass is 538 g/mol. The van der Waals surface area contributed by atoms with Gasteiger partial charge in [0.25, 0.3) is 0 Å². The molecule has 0 aliphatic heterocycles. The molecule has 0 aliphatic rings. The Labute approximate surface area is 244 Å². The molecule has 0 saturated heterocycles. The average molecular weight is 539 g/mol. The van der Waals surface area contributed by atoms with E-state index in [-0.39, 0.29) is 16.6 Å². The standard InChI is InChI=1S/C39H38O2/c1-27-7-15-31(16-8-27)38(3,4)33-19-11-29(12-20-33)37(40)30-13-23-35(24-14-30)41-36-25-21-34(22-26-36)39(5,6)32-17-9-28(2)10-18-32/h7-26H,1-6H3. The summed E-state index contributed by atoms with van der Waals surface area (Å²) in [5, 5.41) is 0. The molecule has 0 heterocycles. The van der Waals surface area contributed by atoms with E-state index in [1.54, 1.807) is 0 Å². The van der Waals surface area contributed by atoms with Gasteiger partial charge in [0.15, 0.2) is 5.78 Å². The molecule has 206 valence electrons. The summed E-state index contributed by atoms with van der Waals surface area (Å²) in [4.78, 5) is 13.2. The number of ether oxygens (including phenoxy) is 1. The van der Waals surface area contributed by atoms with E-state index in [1.807, 2.05) is 48.5 Å². The molecule has 0 aromatic heterocycles. The Bertz CT molecular complexity index is 1620. The molecule has 2 nitrogen and oxygen atoms in total. The van der Waals surface area contributed by atoms with E-state index in [2.05, 4.69) is 114 Å². The molecule has 5 aromatic rings. The third-order valence-electron chi connectivity index (χ3n) is 8.34. The molecule has 0 bridgehead atoms. The second kappa shape index (κ2) is 11.2. The van der Waals surface area contributed by atoms with Gasteiger partial charge in [0.05, 0.1) is 0 Å². The van der Waals surface area contributed by atoms with Crippen molar-refractivity contribution >= 4 is 5.78 Å². The summed E-state index contributed by atoms with van der Waals surface area (Å²) in [6, 6.07) is 41.0. The van der Waals surface area contributed by atoms with E-state index in [9.17, 15) is 4.79 Å². The summed E-state index contributed by atoms with van der Waals surface area (Å²) < 4.78 is 6.10. The lowest BCUT2D eigenvalue weighted by atomic mass is 9.77. The predicted molar refractivity (Wildman–Crippen MR) is 169 cm³/mol. The van der Waals surface area contributed by atoms with E-state index in [0.717, 1.165) is 5.75 Å². The number of ketones is 1. The van der Waals surface area contributed by atoms with E-state index in [1.165, 1.54) is 33.4 Å². The lowest BCUT2D eigenvalue weighted by Gasteiger charge is -2.26. The molecule has 0 unspecified atom stereocenters. The summed E-state index contributed by atoms with van der Waals surface area (Å²) in [6.45, 7) is 13.1. The largest absolute Gasteiger partial charge is 0.457 e. The number of hydrogen-bond donors (Lipinski definition) is 0. The van der Waals surface area contributed by atoms with Crippen LogP contribution in [0.1, 0.15) is 77.0 Å². The lowest BCUT2D eigenvalue weighted by Crippen LogP contribution is -2.19. The number of aryl methyl sites for hydroxylation is 2. The van der Waals surface area contributed by atoms with Gasteiger partial charge in [-0.05, 0) is 72.5 Å². The van der Waals surface area contributed by atoms with Gasteiger partial charge in [0.2, 0.25) is 0 Å². The Morgan fingerprint density at radius 3 is 1.07 bits per heavy atom. The third-order valence-corrected chi connectivity index (χ3v) is 8.34. The summed E-state index contributed by atoms with van der Waals surface area (Å²) in [7, 11) is 0. The smallest absolute Gasteiger partial charge is 0.193 e. The van der Waals surface area contributed by atoms with Gasteiger partial charge < -0.3 is 4.74 Å². The first-order valence-electron chi connectivity index (χ1n) is 14.2. The molecule has 0 atom stereocenters. The molecule has 41 heavy (non-hydrogen) atoms. The quantitative estimate of drug-likeness (QED) is 0.184. The van der Waals surface area contributed by atoms with Gasteiger partial charge in [0.1, 0.15) is 11.5 Å². The number of carbonyl (C=O) groups is 1. The maximum Gasteiger partial charge on any atom is 0.193 e. The Kier molecular flexibility index (Phi) is 7.69. The Balaban J connectivity index is 1.25. The molecule has 0 aliphatic carbocycles. The first-order valence-corrected chi connectivity index (χ1v) is 14.2. The SMILES string of the molecule is Cc1ccc(C(C)(C)c2ccc(Oc3ccc(C(=O)c4ccc(C(C)(C)c5ccc(C)cc5)cc4)cc3)cc2)cc1. The van der Waals surface area contributed by atoms with Crippen LogP contribution in [0.3, 0.4) is 0 Å². The van der Waals surface area contributed by atoms with Crippen LogP contribution >= 0.6 is 0 Å². The summed E-state index contributed by atoms with van der Waals surface area (Å²) in [5.74, 6) is 1.46. The van der Waals surface area contributed by atoms with E-state index < -0.39 is 0 Å². The van der Waals surface area contributed by atoms with Crippen LogP contribution < -0.4 is 4.74 Å². The molecule has 0 radical (unpaired) electrons. The van der Waals surface area contributed by atoms with E-state index in [4.69, 9.17) is 4.74 Å². The highest BCUT2D eigenvalue weighted by atomic mass is 16.5. The molecule has 2 heteroatoms. The van der Waals surface area contributed by atoms with Crippen LogP contribution in [-0.4, -0.2) is 5.78 Å². The number of benzene rings is 5. The molecule has 0 amide bonds. The molecule has 0 spiro atoms. The van der Waals surface area contributed by atoms with Crippen molar-refractivity contribution in [2.45, 2.75) is 52.4 Å². The fourth-order valence-corrected chi connectivity index (χ4v) is 5.23. The van der Waals surface area contributed by atoms with Crippen LogP contribution in [0.4, 0.5) is 0 Å². The van der Waals surface area contributed by atoms with Crippen LogP contribution in [0.5, 0.6) is 11.5 Å². The van der Waals surface area contributed by atoms with Crippen LogP contribution in [-0.2, 0) is 10.8 Å². The summed E-state index contributed by atoms with van der Waals surface area (Å²) in [6.07, 6.45) is 0. The Morgan fingerprint density at radius 1 is 0.439 bits per heavy atom. The second-order valence-corrected chi connectivity index (χ2v) is 12.0. The topological polar surface area (TPSA) is 26.3 Å². The van der Waals surface area contributed by atoms with E-state index >= 15 is 0 Å². The van der Waals surface area contributed by atoms with Crippen molar-refractivity contribution in [2.24, 2.45) is 0 Å². The van der Waals surface area contributed by atoms with Crippen LogP contribution in [0, 0.1) is 13.8 Å². The molecule has 5 aromatic carbocycles. The summed E-state index contributed by atoms with van der Waals surface area (Å²) in [5.41, 5.74) is 8.50. The zero-order chi connectivity index (χ0) is 29.2. The van der Waals surface area contributed by atoms with Crippen LogP contribution in [0.15, 0.2) is 121 Å². The van der Waals surface area contributed by atoms with Gasteiger partial charge in [-0.1, -0.05) is 124 Å². The van der Waals surface area contributed by atoms with Crippen molar-refractivity contribution in [3.05, 3.63) is 166 Å². The fraction of sp³-hybridized carbons (Fsp3) is 0.205. The summed E-state index contributed by atoms with van der Waals surface area (Å²) >= 11 is 0. The van der Waals surface area contributed by atoms with Crippen molar-refractivity contribution in [1.82, 2.24) is 0 Å². The molecular weight excluding hydrogens is 500 g/mol. The van der Waals surface area contributed by atoms with Gasteiger partial charge in [-0.2, -0.15) is 0 Å². The van der Waals surface area contributed by atoms with Crippen molar-refractivity contribution in [2.75, 3.05) is 0 Å². The van der Waals surface area contributed by atoms with Crippen LogP contribution in [0.2, 0.25) is 0 Å². The Morgan fingerprint density at radius 2 is 0.707 bits per heavy atom. The number of carbonyl (C=O) groups excluding carboxylic acids is 1. The van der Waals surface area contributed by atoms with Gasteiger partial charge in [-0.15, -0.1) is 0 Å². The van der Waals surface area contributed by atoms with Crippen molar-refractivity contribution in [1.29, 1.82) is 0 Å². The lowest BCUT2D eigenvalue weighted by molar-refractivity contribution is 0.103. The van der Waals surface area contributed by atoms with Gasteiger partial charge in [-0.3, -0.25) is 4.79 Å².